The average molecular weight is 357 g/mol. The Balaban J connectivity index is 1.89. The second-order valence-corrected chi connectivity index (χ2v) is 6.06. The summed E-state index contributed by atoms with van der Waals surface area (Å²) in [5.74, 6) is 0.964. The fraction of sp³-hybridized carbons (Fsp3) is 0.188. The summed E-state index contributed by atoms with van der Waals surface area (Å²) in [6.45, 7) is 2.14. The Morgan fingerprint density at radius 2 is 2.00 bits per heavy atom. The maximum absolute atomic E-state index is 11.1. The van der Waals surface area contributed by atoms with E-state index in [9.17, 15) is 10.1 Å². The first kappa shape index (κ1) is 16.9. The number of ether oxygens (including phenoxy) is 1. The minimum Gasteiger partial charge on any atom is -0.487 e. The van der Waals surface area contributed by atoms with E-state index in [4.69, 9.17) is 4.74 Å². The lowest BCUT2D eigenvalue weighted by molar-refractivity contribution is -0.385. The van der Waals surface area contributed by atoms with Crippen LogP contribution < -0.4 is 4.74 Å². The molecule has 25 heavy (non-hydrogen) atoms. The molecular weight excluding hydrogens is 342 g/mol. The van der Waals surface area contributed by atoms with E-state index in [-0.39, 0.29) is 11.4 Å². The molecule has 128 valence electrons. The van der Waals surface area contributed by atoms with Gasteiger partial charge in [-0.2, -0.15) is 0 Å². The Labute approximate surface area is 148 Å². The van der Waals surface area contributed by atoms with Crippen LogP contribution in [0.25, 0.3) is 11.4 Å². The second kappa shape index (κ2) is 7.31. The van der Waals surface area contributed by atoms with Gasteiger partial charge in [0.25, 0.3) is 0 Å². The molecule has 0 spiro atoms. The van der Waals surface area contributed by atoms with Gasteiger partial charge in [0.1, 0.15) is 0 Å². The van der Waals surface area contributed by atoms with Crippen LogP contribution >= 0.6 is 11.8 Å². The smallest absolute Gasteiger partial charge is 0.310 e. The predicted octanol–water partition coefficient (Wildman–Crippen LogP) is 3.34. The topological polar surface area (TPSA) is 96.0 Å². The van der Waals surface area contributed by atoms with Crippen molar-refractivity contribution in [1.82, 2.24) is 19.7 Å². The van der Waals surface area contributed by atoms with Crippen LogP contribution in [0.5, 0.6) is 5.75 Å². The number of hydrogen-bond donors (Lipinski definition) is 0. The lowest BCUT2D eigenvalue weighted by Gasteiger charge is -2.07. The Kier molecular flexibility index (Phi) is 4.94. The van der Waals surface area contributed by atoms with Crippen LogP contribution in [-0.4, -0.2) is 31.3 Å². The van der Waals surface area contributed by atoms with Crippen LogP contribution in [0.15, 0.2) is 52.8 Å². The van der Waals surface area contributed by atoms with Crippen LogP contribution in [0.2, 0.25) is 0 Å². The standard InChI is InChI=1S/C16H15N5O3S/c1-3-24-14-10-12(4-5-13(14)21(22)23)25-16-19-18-15(20(16)2)11-6-8-17-9-7-11/h4-10H,3H2,1-2H3. The Morgan fingerprint density at radius 3 is 2.68 bits per heavy atom. The van der Waals surface area contributed by atoms with Gasteiger partial charge in [-0.1, -0.05) is 0 Å². The predicted molar refractivity (Wildman–Crippen MR) is 92.6 cm³/mol. The van der Waals surface area contributed by atoms with Crippen molar-refractivity contribution in [1.29, 1.82) is 0 Å². The van der Waals surface area contributed by atoms with E-state index in [0.717, 1.165) is 16.3 Å². The third-order valence-electron chi connectivity index (χ3n) is 3.41. The van der Waals surface area contributed by atoms with Crippen molar-refractivity contribution in [3.8, 4) is 17.1 Å². The molecule has 8 nitrogen and oxygen atoms in total. The van der Waals surface area contributed by atoms with Gasteiger partial charge in [0.2, 0.25) is 0 Å². The van der Waals surface area contributed by atoms with Crippen molar-refractivity contribution >= 4 is 17.4 Å². The zero-order valence-corrected chi connectivity index (χ0v) is 14.4. The van der Waals surface area contributed by atoms with Crippen molar-refractivity contribution in [3.05, 3.63) is 52.8 Å². The molecule has 0 aliphatic heterocycles. The third kappa shape index (κ3) is 3.61. The first-order valence-electron chi connectivity index (χ1n) is 7.49. The van der Waals surface area contributed by atoms with E-state index in [1.807, 2.05) is 23.7 Å². The van der Waals surface area contributed by atoms with E-state index in [2.05, 4.69) is 15.2 Å². The van der Waals surface area contributed by atoms with Crippen molar-refractivity contribution in [2.75, 3.05) is 6.61 Å². The highest BCUT2D eigenvalue weighted by atomic mass is 32.2. The van der Waals surface area contributed by atoms with Gasteiger partial charge in [-0.25, -0.2) is 0 Å². The summed E-state index contributed by atoms with van der Waals surface area (Å²) in [4.78, 5) is 15.4. The van der Waals surface area contributed by atoms with E-state index in [0.29, 0.717) is 11.8 Å². The molecule has 0 amide bonds. The number of rotatable bonds is 6. The number of nitro groups is 1. The minimum atomic E-state index is -0.455. The molecule has 2 aromatic heterocycles. The van der Waals surface area contributed by atoms with Gasteiger partial charge < -0.3 is 9.30 Å². The molecule has 3 aromatic rings. The molecule has 0 saturated carbocycles. The van der Waals surface area contributed by atoms with Gasteiger partial charge in [-0.3, -0.25) is 15.1 Å². The van der Waals surface area contributed by atoms with E-state index >= 15 is 0 Å². The maximum atomic E-state index is 11.1. The monoisotopic (exact) mass is 357 g/mol. The summed E-state index contributed by atoms with van der Waals surface area (Å²) < 4.78 is 7.24. The van der Waals surface area contributed by atoms with Gasteiger partial charge in [0, 0.05) is 42.0 Å². The molecule has 0 radical (unpaired) electrons. The van der Waals surface area contributed by atoms with Gasteiger partial charge in [0.05, 0.1) is 11.5 Å². The highest BCUT2D eigenvalue weighted by Crippen LogP contribution is 2.35. The Bertz CT molecular complexity index is 898. The minimum absolute atomic E-state index is 0.0540. The zero-order chi connectivity index (χ0) is 17.8. The molecule has 0 aliphatic rings. The van der Waals surface area contributed by atoms with Crippen LogP contribution in [0.3, 0.4) is 0 Å². The summed E-state index contributed by atoms with van der Waals surface area (Å²) in [7, 11) is 1.87. The summed E-state index contributed by atoms with van der Waals surface area (Å²) >= 11 is 1.36. The number of pyridine rings is 1. The molecule has 0 aliphatic carbocycles. The first-order valence-corrected chi connectivity index (χ1v) is 8.30. The van der Waals surface area contributed by atoms with Crippen molar-refractivity contribution in [2.45, 2.75) is 17.0 Å². The molecule has 0 atom stereocenters. The fourth-order valence-electron chi connectivity index (χ4n) is 2.24. The summed E-state index contributed by atoms with van der Waals surface area (Å²) in [6.07, 6.45) is 3.39. The summed E-state index contributed by atoms with van der Waals surface area (Å²) in [6, 6.07) is 8.47. The normalized spacial score (nSPS) is 10.6. The molecule has 9 heteroatoms. The number of hydrogen-bond acceptors (Lipinski definition) is 7. The SMILES string of the molecule is CCOc1cc(Sc2nnc(-c3ccncc3)n2C)ccc1[N+](=O)[O-]. The molecule has 0 fully saturated rings. The molecule has 2 heterocycles. The third-order valence-corrected chi connectivity index (χ3v) is 4.44. The Morgan fingerprint density at radius 1 is 1.24 bits per heavy atom. The molecule has 0 N–H and O–H groups in total. The van der Waals surface area contributed by atoms with E-state index in [1.54, 1.807) is 31.5 Å². The number of nitrogens with zero attached hydrogens (tertiary/aromatic N) is 5. The fourth-order valence-corrected chi connectivity index (χ4v) is 3.06. The van der Waals surface area contributed by atoms with Gasteiger partial charge in [-0.05, 0) is 36.9 Å². The van der Waals surface area contributed by atoms with Crippen LogP contribution in [0, 0.1) is 10.1 Å². The lowest BCUT2D eigenvalue weighted by atomic mass is 10.2. The second-order valence-electron chi connectivity index (χ2n) is 5.02. The maximum Gasteiger partial charge on any atom is 0.310 e. The highest BCUT2D eigenvalue weighted by molar-refractivity contribution is 7.99. The van der Waals surface area contributed by atoms with Gasteiger partial charge in [-0.15, -0.1) is 10.2 Å². The highest BCUT2D eigenvalue weighted by Gasteiger charge is 2.17. The summed E-state index contributed by atoms with van der Waals surface area (Å²) in [5, 5.41) is 20.2. The largest absolute Gasteiger partial charge is 0.487 e. The van der Waals surface area contributed by atoms with E-state index < -0.39 is 4.92 Å². The van der Waals surface area contributed by atoms with Crippen molar-refractivity contribution in [2.24, 2.45) is 7.05 Å². The Hall–Kier alpha value is -2.94. The van der Waals surface area contributed by atoms with Gasteiger partial charge in [0.15, 0.2) is 16.7 Å². The van der Waals surface area contributed by atoms with E-state index in [1.165, 1.54) is 17.8 Å². The molecule has 0 unspecified atom stereocenters. The van der Waals surface area contributed by atoms with Crippen molar-refractivity contribution in [3.63, 3.8) is 0 Å². The quantitative estimate of drug-likeness (QED) is 0.493. The first-order chi connectivity index (χ1) is 12.1. The molecule has 3 rings (SSSR count). The number of aromatic nitrogens is 4. The molecular formula is C16H15N5O3S. The number of benzene rings is 1. The van der Waals surface area contributed by atoms with Crippen molar-refractivity contribution < 1.29 is 9.66 Å². The average Bonchev–Trinajstić information content (AvgIpc) is 2.97. The molecule has 0 saturated heterocycles. The van der Waals surface area contributed by atoms with Crippen LogP contribution in [0.1, 0.15) is 6.92 Å². The molecule has 0 bridgehead atoms. The van der Waals surface area contributed by atoms with Crippen LogP contribution in [-0.2, 0) is 7.05 Å². The lowest BCUT2D eigenvalue weighted by Crippen LogP contribution is -1.98. The zero-order valence-electron chi connectivity index (χ0n) is 13.6. The number of nitro benzene ring substituents is 1. The van der Waals surface area contributed by atoms with Crippen LogP contribution in [0.4, 0.5) is 5.69 Å². The van der Waals surface area contributed by atoms with Gasteiger partial charge >= 0.3 is 5.69 Å². The molecule has 1 aromatic carbocycles. The summed E-state index contributed by atoms with van der Waals surface area (Å²) in [5.41, 5.74) is 0.859.